The highest BCUT2D eigenvalue weighted by atomic mass is 19.3. The van der Waals surface area contributed by atoms with Crippen molar-refractivity contribution in [3.05, 3.63) is 65.7 Å². The Morgan fingerprint density at radius 3 is 2.48 bits per heavy atom. The Kier molecular flexibility index (Phi) is 7.73. The molecule has 2 rings (SSSR count). The normalized spacial score (nSPS) is 13.4. The summed E-state index contributed by atoms with van der Waals surface area (Å²) in [7, 11) is 1.82. The molecule has 0 bridgehead atoms. The van der Waals surface area contributed by atoms with Crippen molar-refractivity contribution in [2.45, 2.75) is 39.0 Å². The summed E-state index contributed by atoms with van der Waals surface area (Å²) < 4.78 is 29.1. The number of nitrogens with one attached hydrogen (secondary N) is 1. The Morgan fingerprint density at radius 1 is 1.11 bits per heavy atom. The van der Waals surface area contributed by atoms with Crippen LogP contribution in [0.25, 0.3) is 0 Å². The monoisotopic (exact) mass is 376 g/mol. The van der Waals surface area contributed by atoms with Gasteiger partial charge < -0.3 is 10.1 Å². The first-order valence-corrected chi connectivity index (χ1v) is 8.93. The van der Waals surface area contributed by atoms with Crippen LogP contribution in [0, 0.1) is 0 Å². The number of amides is 1. The van der Waals surface area contributed by atoms with Crippen molar-refractivity contribution in [2.75, 3.05) is 13.6 Å². The minimum atomic E-state index is -2.85. The molecule has 4 nitrogen and oxygen atoms in total. The standard InChI is InChI=1S/C21H26F2N2O2/c1-15(18-9-5-4-6-10-18)13-24-20(26)16(2)25(3)14-17-8-7-11-19(12-17)27-21(22)23/h4-12,15-16,21H,13-14H2,1-3H3,(H,24,26). The minimum absolute atomic E-state index is 0.0692. The minimum Gasteiger partial charge on any atom is -0.435 e. The fourth-order valence-electron chi connectivity index (χ4n) is 2.75. The number of nitrogens with zero attached hydrogens (tertiary/aromatic N) is 1. The molecule has 146 valence electrons. The fraction of sp³-hybridized carbons (Fsp3) is 0.381. The topological polar surface area (TPSA) is 41.6 Å². The molecule has 2 atom stereocenters. The van der Waals surface area contributed by atoms with Gasteiger partial charge >= 0.3 is 6.61 Å². The van der Waals surface area contributed by atoms with Crippen LogP contribution in [0.3, 0.4) is 0 Å². The molecule has 2 aromatic rings. The van der Waals surface area contributed by atoms with Crippen molar-refractivity contribution >= 4 is 5.91 Å². The molecular weight excluding hydrogens is 350 g/mol. The van der Waals surface area contributed by atoms with Gasteiger partial charge in [0, 0.05) is 13.1 Å². The Morgan fingerprint density at radius 2 is 1.81 bits per heavy atom. The maximum absolute atomic E-state index is 12.4. The van der Waals surface area contributed by atoms with Crippen LogP contribution >= 0.6 is 0 Å². The molecule has 2 aromatic carbocycles. The molecule has 0 aromatic heterocycles. The molecule has 1 N–H and O–H groups in total. The lowest BCUT2D eigenvalue weighted by Gasteiger charge is -2.25. The number of carbonyl (C=O) groups excluding carboxylic acids is 1. The maximum Gasteiger partial charge on any atom is 0.387 e. The van der Waals surface area contributed by atoms with E-state index in [2.05, 4.69) is 17.0 Å². The second kappa shape index (κ2) is 10.0. The first kappa shape index (κ1) is 20.8. The van der Waals surface area contributed by atoms with E-state index < -0.39 is 6.61 Å². The highest BCUT2D eigenvalue weighted by Gasteiger charge is 2.19. The number of rotatable bonds is 9. The Balaban J connectivity index is 1.86. The summed E-state index contributed by atoms with van der Waals surface area (Å²) in [6.45, 7) is 2.04. The molecule has 0 aliphatic carbocycles. The second-order valence-electron chi connectivity index (χ2n) is 6.67. The molecule has 0 radical (unpaired) electrons. The van der Waals surface area contributed by atoms with Gasteiger partial charge in [0.1, 0.15) is 5.75 Å². The van der Waals surface area contributed by atoms with Gasteiger partial charge in [-0.25, -0.2) is 0 Å². The van der Waals surface area contributed by atoms with E-state index in [0.29, 0.717) is 13.1 Å². The van der Waals surface area contributed by atoms with Crippen LogP contribution in [0.1, 0.15) is 30.9 Å². The summed E-state index contributed by atoms with van der Waals surface area (Å²) in [5.41, 5.74) is 1.97. The van der Waals surface area contributed by atoms with Gasteiger partial charge in [-0.3, -0.25) is 9.69 Å². The second-order valence-corrected chi connectivity index (χ2v) is 6.67. The maximum atomic E-state index is 12.4. The zero-order chi connectivity index (χ0) is 19.8. The summed E-state index contributed by atoms with van der Waals surface area (Å²) in [5.74, 6) is 0.265. The van der Waals surface area contributed by atoms with Gasteiger partial charge in [-0.15, -0.1) is 0 Å². The van der Waals surface area contributed by atoms with Gasteiger partial charge in [0.25, 0.3) is 0 Å². The summed E-state index contributed by atoms with van der Waals surface area (Å²) >= 11 is 0. The van der Waals surface area contributed by atoms with Crippen molar-refractivity contribution in [1.29, 1.82) is 0 Å². The lowest BCUT2D eigenvalue weighted by Crippen LogP contribution is -2.43. The molecule has 0 spiro atoms. The number of ether oxygens (including phenoxy) is 1. The van der Waals surface area contributed by atoms with E-state index in [0.717, 1.165) is 5.56 Å². The predicted molar refractivity (Wildman–Crippen MR) is 102 cm³/mol. The zero-order valence-corrected chi connectivity index (χ0v) is 15.9. The first-order valence-electron chi connectivity index (χ1n) is 8.93. The molecule has 6 heteroatoms. The highest BCUT2D eigenvalue weighted by molar-refractivity contribution is 5.81. The van der Waals surface area contributed by atoms with E-state index >= 15 is 0 Å². The van der Waals surface area contributed by atoms with Crippen molar-refractivity contribution in [1.82, 2.24) is 10.2 Å². The molecule has 0 aliphatic rings. The molecular formula is C21H26F2N2O2. The molecule has 2 unspecified atom stereocenters. The molecule has 0 aliphatic heterocycles. The van der Waals surface area contributed by atoms with E-state index in [1.807, 2.05) is 55.3 Å². The van der Waals surface area contributed by atoms with Crippen molar-refractivity contribution < 1.29 is 18.3 Å². The number of carbonyl (C=O) groups is 1. The molecule has 0 saturated heterocycles. The third-order valence-electron chi connectivity index (χ3n) is 4.55. The van der Waals surface area contributed by atoms with Crippen LogP contribution < -0.4 is 10.1 Å². The van der Waals surface area contributed by atoms with Crippen LogP contribution in [0.4, 0.5) is 8.78 Å². The fourth-order valence-corrected chi connectivity index (χ4v) is 2.75. The number of hydrogen-bond donors (Lipinski definition) is 1. The molecule has 0 heterocycles. The number of alkyl halides is 2. The molecule has 27 heavy (non-hydrogen) atoms. The smallest absolute Gasteiger partial charge is 0.387 e. The van der Waals surface area contributed by atoms with E-state index in [-0.39, 0.29) is 23.6 Å². The number of halogens is 2. The Hall–Kier alpha value is -2.47. The molecule has 1 amide bonds. The van der Waals surface area contributed by atoms with Crippen LogP contribution in [0.2, 0.25) is 0 Å². The van der Waals surface area contributed by atoms with Crippen LogP contribution in [0.5, 0.6) is 5.75 Å². The summed E-state index contributed by atoms with van der Waals surface area (Å²) in [6, 6.07) is 16.2. The van der Waals surface area contributed by atoms with E-state index in [1.165, 1.54) is 11.6 Å². The Bertz CT molecular complexity index is 725. The molecule has 0 saturated carbocycles. The largest absolute Gasteiger partial charge is 0.435 e. The highest BCUT2D eigenvalue weighted by Crippen LogP contribution is 2.18. The predicted octanol–water partition coefficient (Wildman–Crippen LogP) is 4.03. The van der Waals surface area contributed by atoms with Gasteiger partial charge in [0.15, 0.2) is 0 Å². The van der Waals surface area contributed by atoms with Gasteiger partial charge in [-0.2, -0.15) is 8.78 Å². The Labute approximate surface area is 159 Å². The average molecular weight is 376 g/mol. The SMILES string of the molecule is CC(CNC(=O)C(C)N(C)Cc1cccc(OC(F)F)c1)c1ccccc1. The van der Waals surface area contributed by atoms with Crippen molar-refractivity contribution in [2.24, 2.45) is 0 Å². The van der Waals surface area contributed by atoms with Crippen LogP contribution in [-0.2, 0) is 11.3 Å². The average Bonchev–Trinajstić information content (AvgIpc) is 2.65. The zero-order valence-electron chi connectivity index (χ0n) is 15.9. The third-order valence-corrected chi connectivity index (χ3v) is 4.55. The van der Waals surface area contributed by atoms with Gasteiger partial charge in [-0.05, 0) is 43.1 Å². The molecule has 0 fully saturated rings. The number of benzene rings is 2. The summed E-state index contributed by atoms with van der Waals surface area (Å²) in [6.07, 6.45) is 0. The first-order chi connectivity index (χ1) is 12.9. The quantitative estimate of drug-likeness (QED) is 0.719. The van der Waals surface area contributed by atoms with E-state index in [9.17, 15) is 13.6 Å². The van der Waals surface area contributed by atoms with Crippen molar-refractivity contribution in [3.8, 4) is 5.75 Å². The lowest BCUT2D eigenvalue weighted by atomic mass is 10.0. The van der Waals surface area contributed by atoms with Crippen LogP contribution in [-0.4, -0.2) is 37.1 Å². The lowest BCUT2D eigenvalue weighted by molar-refractivity contribution is -0.125. The van der Waals surface area contributed by atoms with Gasteiger partial charge in [0.05, 0.1) is 6.04 Å². The summed E-state index contributed by atoms with van der Waals surface area (Å²) in [4.78, 5) is 14.3. The number of likely N-dealkylation sites (N-methyl/N-ethyl adjacent to an activating group) is 1. The van der Waals surface area contributed by atoms with Crippen LogP contribution in [0.15, 0.2) is 54.6 Å². The number of hydrogen-bond acceptors (Lipinski definition) is 3. The van der Waals surface area contributed by atoms with Crippen molar-refractivity contribution in [3.63, 3.8) is 0 Å². The third kappa shape index (κ3) is 6.64. The van der Waals surface area contributed by atoms with E-state index in [4.69, 9.17) is 0 Å². The van der Waals surface area contributed by atoms with Gasteiger partial charge in [-0.1, -0.05) is 49.4 Å². The van der Waals surface area contributed by atoms with Gasteiger partial charge in [0.2, 0.25) is 5.91 Å². The van der Waals surface area contributed by atoms with E-state index in [1.54, 1.807) is 12.1 Å². The summed E-state index contributed by atoms with van der Waals surface area (Å²) in [5, 5.41) is 2.98.